The molecule has 1 atom stereocenters. The molecule has 0 aliphatic heterocycles. The molecule has 0 unspecified atom stereocenters. The molecule has 0 bridgehead atoms. The first-order chi connectivity index (χ1) is 20.5. The van der Waals surface area contributed by atoms with Crippen LogP contribution in [0.5, 0.6) is 0 Å². The van der Waals surface area contributed by atoms with E-state index in [-0.39, 0.29) is 23.8 Å². The lowest BCUT2D eigenvalue weighted by atomic mass is 10.0. The minimum Gasteiger partial charge on any atom is -0.357 e. The lowest BCUT2D eigenvalue weighted by Gasteiger charge is -2.33. The summed E-state index contributed by atoms with van der Waals surface area (Å²) in [5, 5.41) is 2.70. The highest BCUT2D eigenvalue weighted by atomic mass is 79.9. The van der Waals surface area contributed by atoms with Gasteiger partial charge in [0.05, 0.1) is 10.6 Å². The summed E-state index contributed by atoms with van der Waals surface area (Å²) in [6.07, 6.45) is 0.261. The predicted octanol–water partition coefficient (Wildman–Crippen LogP) is 5.96. The summed E-state index contributed by atoms with van der Waals surface area (Å²) in [7, 11) is -2.61. The molecule has 0 aliphatic rings. The number of sulfonamides is 1. The third-order valence-corrected chi connectivity index (χ3v) is 9.48. The SMILES string of the molecule is CNC(=O)[C@@H](Cc1ccccc1)N(Cc1ccc(Br)cc1)C(=O)CN(c1cc(C)cc(C)c1)S(=O)(=O)c1ccc(C)cc1. The van der Waals surface area contributed by atoms with E-state index < -0.39 is 28.5 Å². The van der Waals surface area contributed by atoms with Crippen LogP contribution in [0, 0.1) is 20.8 Å². The topological polar surface area (TPSA) is 86.8 Å². The molecule has 0 fully saturated rings. The van der Waals surface area contributed by atoms with Gasteiger partial charge in [-0.15, -0.1) is 0 Å². The molecule has 0 spiro atoms. The highest BCUT2D eigenvalue weighted by molar-refractivity contribution is 9.10. The van der Waals surface area contributed by atoms with Gasteiger partial charge in [-0.05, 0) is 79.4 Å². The van der Waals surface area contributed by atoms with Gasteiger partial charge >= 0.3 is 0 Å². The third-order valence-electron chi connectivity index (χ3n) is 7.17. The van der Waals surface area contributed by atoms with Crippen molar-refractivity contribution in [2.24, 2.45) is 0 Å². The summed E-state index contributed by atoms with van der Waals surface area (Å²) in [4.78, 5) is 29.3. The average Bonchev–Trinajstić information content (AvgIpc) is 2.98. The Balaban J connectivity index is 1.80. The Bertz CT molecular complexity index is 1660. The van der Waals surface area contributed by atoms with Crippen molar-refractivity contribution in [2.75, 3.05) is 17.9 Å². The number of aryl methyl sites for hydroxylation is 3. The zero-order valence-corrected chi connectivity index (χ0v) is 27.2. The summed E-state index contributed by atoms with van der Waals surface area (Å²) in [5.41, 5.74) is 4.72. The lowest BCUT2D eigenvalue weighted by molar-refractivity contribution is -0.139. The van der Waals surface area contributed by atoms with E-state index in [4.69, 9.17) is 0 Å². The standard InChI is InChI=1S/C34H36BrN3O4S/c1-24-10-16-31(17-11-24)43(41,42)38(30-19-25(2)18-26(3)20-30)23-33(39)37(22-28-12-14-29(35)15-13-28)32(34(40)36-4)21-27-8-6-5-7-9-27/h5-20,32H,21-23H2,1-4H3,(H,36,40)/t32-/m1/s1. The van der Waals surface area contributed by atoms with Crippen molar-refractivity contribution < 1.29 is 18.0 Å². The monoisotopic (exact) mass is 661 g/mol. The Morgan fingerprint density at radius 2 is 1.40 bits per heavy atom. The van der Waals surface area contributed by atoms with Gasteiger partial charge in [0.15, 0.2) is 0 Å². The molecule has 0 aliphatic carbocycles. The van der Waals surface area contributed by atoms with Gasteiger partial charge in [0.2, 0.25) is 11.8 Å². The molecule has 0 heterocycles. The van der Waals surface area contributed by atoms with Crippen LogP contribution >= 0.6 is 15.9 Å². The fraction of sp³-hybridized carbons (Fsp3) is 0.235. The largest absolute Gasteiger partial charge is 0.357 e. The minimum absolute atomic E-state index is 0.0802. The van der Waals surface area contributed by atoms with Gasteiger partial charge in [-0.25, -0.2) is 8.42 Å². The van der Waals surface area contributed by atoms with Crippen LogP contribution in [0.3, 0.4) is 0 Å². The number of nitrogens with one attached hydrogen (secondary N) is 1. The second kappa shape index (κ2) is 14.0. The van der Waals surface area contributed by atoms with Crippen molar-refractivity contribution in [3.8, 4) is 0 Å². The van der Waals surface area contributed by atoms with Gasteiger partial charge in [0.25, 0.3) is 10.0 Å². The van der Waals surface area contributed by atoms with Gasteiger partial charge in [0, 0.05) is 24.5 Å². The number of likely N-dealkylation sites (N-methyl/N-ethyl adjacent to an activating group) is 1. The van der Waals surface area contributed by atoms with Crippen LogP contribution in [0.15, 0.2) is 106 Å². The van der Waals surface area contributed by atoms with E-state index in [2.05, 4.69) is 21.2 Å². The van der Waals surface area contributed by atoms with Crippen molar-refractivity contribution in [3.63, 3.8) is 0 Å². The van der Waals surface area contributed by atoms with Gasteiger partial charge in [0.1, 0.15) is 12.6 Å². The Morgan fingerprint density at radius 1 is 0.791 bits per heavy atom. The number of anilines is 1. The fourth-order valence-corrected chi connectivity index (χ4v) is 6.63. The molecule has 7 nitrogen and oxygen atoms in total. The van der Waals surface area contributed by atoms with E-state index in [0.717, 1.165) is 36.6 Å². The van der Waals surface area contributed by atoms with E-state index in [9.17, 15) is 18.0 Å². The first-order valence-electron chi connectivity index (χ1n) is 13.9. The summed E-state index contributed by atoms with van der Waals surface area (Å²) >= 11 is 3.45. The molecule has 0 aromatic heterocycles. The molecule has 43 heavy (non-hydrogen) atoms. The van der Waals surface area contributed by atoms with Crippen LogP contribution in [-0.2, 0) is 32.6 Å². The number of hydrogen-bond acceptors (Lipinski definition) is 4. The maximum atomic E-state index is 14.4. The highest BCUT2D eigenvalue weighted by Gasteiger charge is 2.34. The minimum atomic E-state index is -4.14. The summed E-state index contributed by atoms with van der Waals surface area (Å²) < 4.78 is 30.3. The summed E-state index contributed by atoms with van der Waals surface area (Å²) in [5.74, 6) is -0.837. The number of carbonyl (C=O) groups excluding carboxylic acids is 2. The van der Waals surface area contributed by atoms with E-state index in [0.29, 0.717) is 5.69 Å². The molecule has 2 amide bonds. The second-order valence-corrected chi connectivity index (χ2v) is 13.4. The van der Waals surface area contributed by atoms with Crippen LogP contribution < -0.4 is 9.62 Å². The van der Waals surface area contributed by atoms with Gasteiger partial charge in [-0.3, -0.25) is 13.9 Å². The quantitative estimate of drug-likeness (QED) is 0.215. The molecule has 1 N–H and O–H groups in total. The predicted molar refractivity (Wildman–Crippen MR) is 174 cm³/mol. The van der Waals surface area contributed by atoms with Crippen LogP contribution in [-0.4, -0.2) is 44.8 Å². The molecule has 0 radical (unpaired) electrons. The van der Waals surface area contributed by atoms with Crippen molar-refractivity contribution in [1.82, 2.24) is 10.2 Å². The number of carbonyl (C=O) groups is 2. The third kappa shape index (κ3) is 8.12. The maximum absolute atomic E-state index is 14.4. The van der Waals surface area contributed by atoms with E-state index in [1.165, 1.54) is 11.9 Å². The average molecular weight is 663 g/mol. The molecule has 4 aromatic carbocycles. The summed E-state index contributed by atoms with van der Waals surface area (Å²) in [6, 6.07) is 28.1. The number of rotatable bonds is 11. The molecule has 4 rings (SSSR count). The molecule has 9 heteroatoms. The first-order valence-corrected chi connectivity index (χ1v) is 16.2. The zero-order valence-electron chi connectivity index (χ0n) is 24.7. The van der Waals surface area contributed by atoms with Crippen LogP contribution in [0.1, 0.15) is 27.8 Å². The maximum Gasteiger partial charge on any atom is 0.264 e. The zero-order chi connectivity index (χ0) is 31.1. The molecule has 0 saturated heterocycles. The number of hydrogen-bond donors (Lipinski definition) is 1. The smallest absolute Gasteiger partial charge is 0.264 e. The Labute approximate surface area is 262 Å². The lowest BCUT2D eigenvalue weighted by Crippen LogP contribution is -2.53. The first kappa shape index (κ1) is 32.0. The number of nitrogens with zero attached hydrogens (tertiary/aromatic N) is 2. The van der Waals surface area contributed by atoms with Crippen LogP contribution in [0.25, 0.3) is 0 Å². The molecule has 224 valence electrons. The normalized spacial score (nSPS) is 11.9. The highest BCUT2D eigenvalue weighted by Crippen LogP contribution is 2.27. The van der Waals surface area contributed by atoms with Gasteiger partial charge in [-0.2, -0.15) is 0 Å². The van der Waals surface area contributed by atoms with Crippen molar-refractivity contribution >= 4 is 43.5 Å². The van der Waals surface area contributed by atoms with Crippen molar-refractivity contribution in [1.29, 1.82) is 0 Å². The number of benzene rings is 4. The van der Waals surface area contributed by atoms with Crippen molar-refractivity contribution in [2.45, 2.75) is 44.7 Å². The van der Waals surface area contributed by atoms with E-state index >= 15 is 0 Å². The van der Waals surface area contributed by atoms with Gasteiger partial charge < -0.3 is 10.2 Å². The molecular formula is C34H36BrN3O4S. The Hall–Kier alpha value is -3.95. The van der Waals surface area contributed by atoms with Crippen molar-refractivity contribution in [3.05, 3.63) is 129 Å². The molecular weight excluding hydrogens is 626 g/mol. The Kier molecular flexibility index (Phi) is 10.4. The summed E-state index contributed by atoms with van der Waals surface area (Å²) in [6.45, 7) is 5.28. The van der Waals surface area contributed by atoms with Gasteiger partial charge in [-0.1, -0.05) is 82.2 Å². The van der Waals surface area contributed by atoms with E-state index in [1.807, 2.05) is 81.4 Å². The number of halogens is 1. The van der Waals surface area contributed by atoms with E-state index in [1.54, 1.807) is 36.4 Å². The molecule has 4 aromatic rings. The number of amides is 2. The Morgan fingerprint density at radius 3 is 1.98 bits per heavy atom. The van der Waals surface area contributed by atoms with Crippen LogP contribution in [0.4, 0.5) is 5.69 Å². The molecule has 0 saturated carbocycles. The second-order valence-electron chi connectivity index (χ2n) is 10.6. The van der Waals surface area contributed by atoms with Crippen LogP contribution in [0.2, 0.25) is 0 Å². The fourth-order valence-electron chi connectivity index (χ4n) is 4.97.